The predicted octanol–water partition coefficient (Wildman–Crippen LogP) is 2.37. The summed E-state index contributed by atoms with van der Waals surface area (Å²) in [7, 11) is 0. The highest BCUT2D eigenvalue weighted by Gasteiger charge is 2.40. The molecular weight excluding hydrogens is 454 g/mol. The van der Waals surface area contributed by atoms with Crippen molar-refractivity contribution < 1.29 is 33.9 Å². The van der Waals surface area contributed by atoms with Crippen LogP contribution in [0.4, 0.5) is 4.79 Å². The summed E-state index contributed by atoms with van der Waals surface area (Å²) in [5, 5.41) is 25.5. The molecule has 1 aliphatic carbocycles. The zero-order valence-electron chi connectivity index (χ0n) is 18.6. The molecule has 2 atom stereocenters. The normalized spacial score (nSPS) is 18.7. The predicted molar refractivity (Wildman–Crippen MR) is 121 cm³/mol. The van der Waals surface area contributed by atoms with Gasteiger partial charge in [-0.3, -0.25) is 4.79 Å². The molecule has 1 saturated heterocycles. The van der Waals surface area contributed by atoms with Crippen LogP contribution in [0.1, 0.15) is 39.5 Å². The van der Waals surface area contributed by atoms with Crippen LogP contribution < -0.4 is 5.32 Å². The lowest BCUT2D eigenvalue weighted by molar-refractivity contribution is -0.141. The monoisotopic (exact) mass is 477 g/mol. The van der Waals surface area contributed by atoms with Gasteiger partial charge in [-0.1, -0.05) is 53.7 Å². The molecule has 5 rings (SSSR count). The third-order valence-electron chi connectivity index (χ3n) is 6.44. The second-order valence-electron chi connectivity index (χ2n) is 8.56. The zero-order valence-corrected chi connectivity index (χ0v) is 18.6. The molecule has 2 aliphatic rings. The highest BCUT2D eigenvalue weighted by molar-refractivity contribution is 5.97. The van der Waals surface area contributed by atoms with Crippen LogP contribution >= 0.6 is 0 Å². The van der Waals surface area contributed by atoms with Gasteiger partial charge in [-0.25, -0.2) is 9.59 Å². The molecule has 10 nitrogen and oxygen atoms in total. The Morgan fingerprint density at radius 1 is 1.09 bits per heavy atom. The summed E-state index contributed by atoms with van der Waals surface area (Å²) in [6.07, 6.45) is -0.573. The van der Waals surface area contributed by atoms with Crippen LogP contribution in [0.3, 0.4) is 0 Å². The number of carboxylic acid groups (broad SMARTS) is 1. The van der Waals surface area contributed by atoms with Crippen molar-refractivity contribution in [2.45, 2.75) is 31.0 Å². The van der Waals surface area contributed by atoms with E-state index in [1.807, 2.05) is 48.5 Å². The van der Waals surface area contributed by atoms with Gasteiger partial charge in [-0.05, 0) is 22.3 Å². The van der Waals surface area contributed by atoms with E-state index in [-0.39, 0.29) is 43.3 Å². The first kappa shape index (κ1) is 22.6. The Labute approximate surface area is 200 Å². The fraction of sp³-hybridized carbons (Fsp3) is 0.280. The maximum atomic E-state index is 12.9. The number of nitrogens with one attached hydrogen (secondary N) is 1. The van der Waals surface area contributed by atoms with Crippen LogP contribution in [0.2, 0.25) is 0 Å². The number of carbonyl (C=O) groups excluding carboxylic acids is 2. The lowest BCUT2D eigenvalue weighted by Gasteiger charge is -2.20. The lowest BCUT2D eigenvalue weighted by Crippen LogP contribution is -2.41. The number of β-amino-alcohol motifs (C(OH)–C–C–N with tert-alkyl or cyclic N) is 1. The quantitative estimate of drug-likeness (QED) is 0.491. The van der Waals surface area contributed by atoms with Crippen molar-refractivity contribution in [1.29, 1.82) is 0 Å². The van der Waals surface area contributed by atoms with E-state index in [4.69, 9.17) is 9.26 Å². The van der Waals surface area contributed by atoms with Gasteiger partial charge in [0.15, 0.2) is 0 Å². The number of ether oxygens (including phenoxy) is 1. The van der Waals surface area contributed by atoms with Gasteiger partial charge in [0.05, 0.1) is 12.6 Å². The van der Waals surface area contributed by atoms with Crippen molar-refractivity contribution in [1.82, 2.24) is 15.4 Å². The summed E-state index contributed by atoms with van der Waals surface area (Å²) >= 11 is 0. The van der Waals surface area contributed by atoms with E-state index in [2.05, 4.69) is 10.5 Å². The number of rotatable bonds is 6. The van der Waals surface area contributed by atoms with E-state index < -0.39 is 30.1 Å². The SMILES string of the molecule is O=C(NCc1nocc1C(=O)N1CC(O)C[C@H]1C(=O)O)OCC1c2ccccc2-c2ccccc21. The first-order valence-electron chi connectivity index (χ1n) is 11.2. The maximum absolute atomic E-state index is 12.9. The third-order valence-corrected chi connectivity index (χ3v) is 6.44. The minimum absolute atomic E-state index is 0.0179. The molecule has 3 aromatic rings. The van der Waals surface area contributed by atoms with Gasteiger partial charge in [0.1, 0.15) is 30.2 Å². The topological polar surface area (TPSA) is 142 Å². The fourth-order valence-corrected chi connectivity index (χ4v) is 4.79. The molecule has 1 fully saturated rings. The van der Waals surface area contributed by atoms with E-state index >= 15 is 0 Å². The standard InChI is InChI=1S/C25H23N3O7/c29-14-9-22(24(31)32)28(11-14)23(30)20-13-35-27-21(20)10-26-25(33)34-12-19-17-7-3-1-5-15(17)16-6-2-4-8-18(16)19/h1-8,13-14,19,22,29H,9-12H2,(H,26,33)(H,31,32)/t14?,22-/m0/s1. The number of fused-ring (bicyclic) bond motifs is 3. The third kappa shape index (κ3) is 4.24. The lowest BCUT2D eigenvalue weighted by atomic mass is 9.98. The number of benzene rings is 2. The van der Waals surface area contributed by atoms with Gasteiger partial charge in [0, 0.05) is 18.9 Å². The number of aromatic nitrogens is 1. The summed E-state index contributed by atoms with van der Waals surface area (Å²) in [6.45, 7) is -0.126. The van der Waals surface area contributed by atoms with E-state index in [9.17, 15) is 24.6 Å². The van der Waals surface area contributed by atoms with Crippen molar-refractivity contribution >= 4 is 18.0 Å². The highest BCUT2D eigenvalue weighted by Crippen LogP contribution is 2.44. The van der Waals surface area contributed by atoms with Crippen LogP contribution in [0.5, 0.6) is 0 Å². The van der Waals surface area contributed by atoms with E-state index in [0.717, 1.165) is 33.4 Å². The molecule has 0 spiro atoms. The van der Waals surface area contributed by atoms with E-state index in [1.54, 1.807) is 0 Å². The molecule has 1 aromatic heterocycles. The Morgan fingerprint density at radius 2 is 1.74 bits per heavy atom. The van der Waals surface area contributed by atoms with Crippen molar-refractivity contribution in [3.63, 3.8) is 0 Å². The Bertz CT molecular complexity index is 1240. The van der Waals surface area contributed by atoms with E-state index in [1.165, 1.54) is 0 Å². The largest absolute Gasteiger partial charge is 0.480 e. The average Bonchev–Trinajstić information content (AvgIpc) is 3.57. The van der Waals surface area contributed by atoms with E-state index in [0.29, 0.717) is 0 Å². The first-order chi connectivity index (χ1) is 16.9. The molecule has 0 bridgehead atoms. The van der Waals surface area contributed by atoms with Gasteiger partial charge in [-0.15, -0.1) is 0 Å². The van der Waals surface area contributed by atoms with Crippen molar-refractivity contribution in [2.24, 2.45) is 0 Å². The molecule has 3 N–H and O–H groups in total. The van der Waals surface area contributed by atoms with Gasteiger partial charge in [-0.2, -0.15) is 0 Å². The number of aliphatic carboxylic acids is 1. The zero-order chi connectivity index (χ0) is 24.5. The highest BCUT2D eigenvalue weighted by atomic mass is 16.5. The number of carbonyl (C=O) groups is 3. The molecule has 0 radical (unpaired) electrons. The summed E-state index contributed by atoms with van der Waals surface area (Å²) in [4.78, 5) is 37.8. The number of aliphatic hydroxyl groups excluding tert-OH is 1. The summed E-state index contributed by atoms with van der Waals surface area (Å²) in [5.41, 5.74) is 4.57. The van der Waals surface area contributed by atoms with Crippen LogP contribution in [-0.2, 0) is 16.1 Å². The summed E-state index contributed by atoms with van der Waals surface area (Å²) in [6, 6.07) is 14.9. The average molecular weight is 477 g/mol. The van der Waals surface area contributed by atoms with Crippen LogP contribution in [0.15, 0.2) is 59.3 Å². The molecule has 35 heavy (non-hydrogen) atoms. The number of alkyl carbamates (subject to hydrolysis) is 1. The van der Waals surface area contributed by atoms with Gasteiger partial charge < -0.3 is 29.7 Å². The molecule has 2 heterocycles. The Hall–Kier alpha value is -4.18. The van der Waals surface area contributed by atoms with Crippen LogP contribution in [0, 0.1) is 0 Å². The first-order valence-corrected chi connectivity index (χ1v) is 11.2. The molecule has 1 aliphatic heterocycles. The number of amides is 2. The summed E-state index contributed by atoms with van der Waals surface area (Å²) in [5.74, 6) is -1.93. The number of carboxylic acids is 1. The molecule has 10 heteroatoms. The van der Waals surface area contributed by atoms with Gasteiger partial charge in [0.25, 0.3) is 5.91 Å². The maximum Gasteiger partial charge on any atom is 0.407 e. The number of nitrogens with zero attached hydrogens (tertiary/aromatic N) is 2. The van der Waals surface area contributed by atoms with Gasteiger partial charge in [0.2, 0.25) is 0 Å². The van der Waals surface area contributed by atoms with Crippen molar-refractivity contribution in [3.8, 4) is 11.1 Å². The Kier molecular flexibility index (Phi) is 5.96. The molecule has 180 valence electrons. The Morgan fingerprint density at radius 3 is 2.40 bits per heavy atom. The minimum atomic E-state index is -1.20. The smallest absolute Gasteiger partial charge is 0.407 e. The van der Waals surface area contributed by atoms with Gasteiger partial charge >= 0.3 is 12.1 Å². The molecule has 2 amide bonds. The second kappa shape index (κ2) is 9.22. The second-order valence-corrected chi connectivity index (χ2v) is 8.56. The number of hydrogen-bond donors (Lipinski definition) is 3. The Balaban J connectivity index is 1.22. The number of hydrogen-bond acceptors (Lipinski definition) is 7. The summed E-state index contributed by atoms with van der Waals surface area (Å²) < 4.78 is 10.4. The molecule has 1 unspecified atom stereocenters. The number of aliphatic hydroxyl groups is 1. The molecule has 2 aromatic carbocycles. The van der Waals surface area contributed by atoms with Crippen LogP contribution in [-0.4, -0.2) is 63.5 Å². The van der Waals surface area contributed by atoms with Crippen molar-refractivity contribution in [3.05, 3.63) is 77.2 Å². The van der Waals surface area contributed by atoms with Crippen molar-refractivity contribution in [2.75, 3.05) is 13.2 Å². The molecular formula is C25H23N3O7. The van der Waals surface area contributed by atoms with Crippen LogP contribution in [0.25, 0.3) is 11.1 Å². The minimum Gasteiger partial charge on any atom is -0.480 e. The molecule has 0 saturated carbocycles. The fourth-order valence-electron chi connectivity index (χ4n) is 4.79. The number of likely N-dealkylation sites (tertiary alicyclic amines) is 1.